The maximum atomic E-state index is 12.1. The Labute approximate surface area is 190 Å². The van der Waals surface area contributed by atoms with Gasteiger partial charge in [-0.1, -0.05) is 12.8 Å². The summed E-state index contributed by atoms with van der Waals surface area (Å²) in [7, 11) is 1.74. The van der Waals surface area contributed by atoms with Crippen LogP contribution in [0.1, 0.15) is 53.1 Å². The molecule has 11 heteroatoms. The summed E-state index contributed by atoms with van der Waals surface area (Å²) in [5.74, 6) is -0.634. The van der Waals surface area contributed by atoms with E-state index in [-0.39, 0.29) is 17.4 Å². The van der Waals surface area contributed by atoms with Gasteiger partial charge in [-0.2, -0.15) is 5.10 Å². The summed E-state index contributed by atoms with van der Waals surface area (Å²) >= 11 is 0. The van der Waals surface area contributed by atoms with Crippen LogP contribution in [0.15, 0.2) is 35.2 Å². The number of pyridine rings is 1. The molecule has 0 saturated carbocycles. The number of hydrogen-bond donors (Lipinski definition) is 2. The minimum atomic E-state index is -1.16. The van der Waals surface area contributed by atoms with E-state index in [4.69, 9.17) is 24.7 Å². The summed E-state index contributed by atoms with van der Waals surface area (Å²) in [6.45, 7) is 1.33. The van der Waals surface area contributed by atoms with E-state index in [1.54, 1.807) is 30.1 Å². The molecule has 0 saturated heterocycles. The first kappa shape index (κ1) is 23.9. The lowest BCUT2D eigenvalue weighted by Gasteiger charge is -2.07. The van der Waals surface area contributed by atoms with Gasteiger partial charge in [0, 0.05) is 44.1 Å². The monoisotopic (exact) mass is 457 g/mol. The summed E-state index contributed by atoms with van der Waals surface area (Å²) < 4.78 is 17.9. The molecule has 3 rings (SSSR count). The molecule has 0 aliphatic rings. The normalized spacial score (nSPS) is 10.9. The van der Waals surface area contributed by atoms with E-state index in [1.165, 1.54) is 6.20 Å². The van der Waals surface area contributed by atoms with Crippen molar-refractivity contribution in [3.05, 3.63) is 42.2 Å². The van der Waals surface area contributed by atoms with Gasteiger partial charge in [0.25, 0.3) is 0 Å². The quantitative estimate of drug-likeness (QED) is 0.272. The second-order valence-electron chi connectivity index (χ2n) is 7.38. The molecular weight excluding hydrogens is 430 g/mol. The number of unbranched alkanes of at least 4 members (excludes halogenated alkanes) is 3. The van der Waals surface area contributed by atoms with Crippen molar-refractivity contribution in [2.45, 2.75) is 32.1 Å². The molecule has 0 aromatic carbocycles. The van der Waals surface area contributed by atoms with Gasteiger partial charge in [-0.3, -0.25) is 9.48 Å². The molecule has 3 heterocycles. The molecule has 0 aliphatic carbocycles. The summed E-state index contributed by atoms with van der Waals surface area (Å²) in [5, 5.41) is 13.0. The molecule has 0 fully saturated rings. The largest absolute Gasteiger partial charge is 0.476 e. The molecule has 0 atom stereocenters. The summed E-state index contributed by atoms with van der Waals surface area (Å²) in [5.41, 5.74) is 6.95. The number of nitrogens with zero attached hydrogens (tertiary/aromatic N) is 4. The number of ether oxygens (including phenoxy) is 2. The van der Waals surface area contributed by atoms with Crippen LogP contribution in [0.2, 0.25) is 0 Å². The van der Waals surface area contributed by atoms with Gasteiger partial charge in [-0.15, -0.1) is 0 Å². The summed E-state index contributed by atoms with van der Waals surface area (Å²) in [4.78, 5) is 31.0. The number of carboxylic acids is 1. The van der Waals surface area contributed by atoms with Crippen LogP contribution >= 0.6 is 0 Å². The maximum Gasteiger partial charge on any atom is 0.357 e. The number of carbonyl (C=O) groups is 2. The number of ketones is 1. The zero-order valence-corrected chi connectivity index (χ0v) is 18.4. The average molecular weight is 457 g/mol. The topological polar surface area (TPSA) is 156 Å². The molecule has 176 valence electrons. The van der Waals surface area contributed by atoms with Crippen LogP contribution in [0.4, 0.5) is 5.69 Å². The Kier molecular flexibility index (Phi) is 8.53. The van der Waals surface area contributed by atoms with Gasteiger partial charge < -0.3 is 24.7 Å². The standard InChI is InChI=1S/C22H27N5O6/c1-27-13-16(23)20(26-27)18(28)6-4-2-3-5-9-31-10-11-32-19-12-15(7-8-24-19)21-25-17(14-33-21)22(29)30/h7-8,12-14H,2-6,9-11,23H2,1H3,(H,29,30). The van der Waals surface area contributed by atoms with Gasteiger partial charge in [0.2, 0.25) is 11.8 Å². The third kappa shape index (κ3) is 7.14. The van der Waals surface area contributed by atoms with Gasteiger partial charge in [-0.05, 0) is 18.9 Å². The zero-order chi connectivity index (χ0) is 23.6. The van der Waals surface area contributed by atoms with Crippen molar-refractivity contribution in [2.24, 2.45) is 7.05 Å². The molecule has 0 unspecified atom stereocenters. The predicted molar refractivity (Wildman–Crippen MR) is 118 cm³/mol. The number of oxazole rings is 1. The molecule has 3 N–H and O–H groups in total. The third-order valence-corrected chi connectivity index (χ3v) is 4.75. The molecular formula is C22H27N5O6. The molecule has 0 radical (unpaired) electrons. The minimum Gasteiger partial charge on any atom is -0.476 e. The second kappa shape index (κ2) is 11.8. The van der Waals surface area contributed by atoms with Gasteiger partial charge in [0.05, 0.1) is 12.3 Å². The van der Waals surface area contributed by atoms with E-state index in [0.717, 1.165) is 31.9 Å². The molecule has 3 aromatic rings. The number of carboxylic acid groups (broad SMARTS) is 1. The first-order valence-electron chi connectivity index (χ1n) is 10.6. The van der Waals surface area contributed by atoms with E-state index in [9.17, 15) is 9.59 Å². The summed E-state index contributed by atoms with van der Waals surface area (Å²) in [6.07, 6.45) is 8.26. The highest BCUT2D eigenvalue weighted by molar-refractivity contribution is 5.98. The van der Waals surface area contributed by atoms with Crippen LogP contribution in [-0.2, 0) is 11.8 Å². The third-order valence-electron chi connectivity index (χ3n) is 4.75. The van der Waals surface area contributed by atoms with Crippen molar-refractivity contribution in [3.63, 3.8) is 0 Å². The minimum absolute atomic E-state index is 0.0238. The van der Waals surface area contributed by atoms with Crippen LogP contribution in [-0.4, -0.2) is 56.4 Å². The fourth-order valence-electron chi connectivity index (χ4n) is 3.12. The zero-order valence-electron chi connectivity index (χ0n) is 18.4. The number of aromatic nitrogens is 4. The van der Waals surface area contributed by atoms with Crippen molar-refractivity contribution in [1.29, 1.82) is 0 Å². The molecule has 0 amide bonds. The van der Waals surface area contributed by atoms with Gasteiger partial charge in [0.15, 0.2) is 17.2 Å². The van der Waals surface area contributed by atoms with Crippen molar-refractivity contribution >= 4 is 17.4 Å². The van der Waals surface area contributed by atoms with E-state index in [2.05, 4.69) is 15.1 Å². The number of rotatable bonds is 14. The van der Waals surface area contributed by atoms with Crippen LogP contribution in [0.5, 0.6) is 5.88 Å². The second-order valence-corrected chi connectivity index (χ2v) is 7.38. The first-order valence-corrected chi connectivity index (χ1v) is 10.6. The SMILES string of the molecule is Cn1cc(N)c(C(=O)CCCCCCOCCOc2cc(-c3nc(C(=O)O)co3)ccn2)n1. The van der Waals surface area contributed by atoms with Crippen molar-refractivity contribution in [2.75, 3.05) is 25.6 Å². The Morgan fingerprint density at radius 1 is 1.18 bits per heavy atom. The molecule has 0 spiro atoms. The maximum absolute atomic E-state index is 12.1. The number of nitrogen functional groups attached to an aromatic ring is 1. The number of carbonyl (C=O) groups excluding carboxylic acids is 1. The smallest absolute Gasteiger partial charge is 0.357 e. The Morgan fingerprint density at radius 3 is 2.73 bits per heavy atom. The van der Waals surface area contributed by atoms with E-state index in [1.807, 2.05) is 0 Å². The first-order chi connectivity index (χ1) is 15.9. The highest BCUT2D eigenvalue weighted by Crippen LogP contribution is 2.21. The van der Waals surface area contributed by atoms with E-state index < -0.39 is 5.97 Å². The summed E-state index contributed by atoms with van der Waals surface area (Å²) in [6, 6.07) is 3.27. The Bertz CT molecular complexity index is 1080. The Morgan fingerprint density at radius 2 is 2.00 bits per heavy atom. The van der Waals surface area contributed by atoms with E-state index in [0.29, 0.717) is 49.1 Å². The number of hydrogen-bond acceptors (Lipinski definition) is 9. The van der Waals surface area contributed by atoms with Crippen molar-refractivity contribution in [3.8, 4) is 17.3 Å². The highest BCUT2D eigenvalue weighted by atomic mass is 16.5. The lowest BCUT2D eigenvalue weighted by atomic mass is 10.1. The predicted octanol–water partition coefficient (Wildman–Crippen LogP) is 2.98. The Hall–Kier alpha value is -3.73. The van der Waals surface area contributed by atoms with Gasteiger partial charge in [0.1, 0.15) is 12.9 Å². The van der Waals surface area contributed by atoms with E-state index >= 15 is 0 Å². The van der Waals surface area contributed by atoms with Crippen LogP contribution in [0, 0.1) is 0 Å². The average Bonchev–Trinajstić information content (AvgIpc) is 3.42. The molecule has 3 aromatic heterocycles. The number of anilines is 1. The number of nitrogens with two attached hydrogens (primary N) is 1. The number of Topliss-reactive ketones (excluding diaryl/α,β-unsaturated/α-hetero) is 1. The number of aryl methyl sites for hydroxylation is 1. The number of aromatic carboxylic acids is 1. The highest BCUT2D eigenvalue weighted by Gasteiger charge is 2.14. The van der Waals surface area contributed by atoms with Crippen LogP contribution in [0.25, 0.3) is 11.5 Å². The Balaban J connectivity index is 1.25. The van der Waals surface area contributed by atoms with Gasteiger partial charge >= 0.3 is 5.97 Å². The lowest BCUT2D eigenvalue weighted by Crippen LogP contribution is -2.08. The van der Waals surface area contributed by atoms with Crippen molar-refractivity contribution in [1.82, 2.24) is 19.7 Å². The fraction of sp³-hybridized carbons (Fsp3) is 0.409. The molecule has 33 heavy (non-hydrogen) atoms. The van der Waals surface area contributed by atoms with Crippen LogP contribution < -0.4 is 10.5 Å². The molecule has 0 aliphatic heterocycles. The molecule has 0 bridgehead atoms. The van der Waals surface area contributed by atoms with Gasteiger partial charge in [-0.25, -0.2) is 14.8 Å². The molecule has 11 nitrogen and oxygen atoms in total. The lowest BCUT2D eigenvalue weighted by molar-refractivity contribution is 0.0690. The van der Waals surface area contributed by atoms with Crippen LogP contribution in [0.3, 0.4) is 0 Å². The fourth-order valence-corrected chi connectivity index (χ4v) is 3.12. The van der Waals surface area contributed by atoms with Crippen molar-refractivity contribution < 1.29 is 28.6 Å².